The van der Waals surface area contributed by atoms with Crippen LogP contribution in [0.5, 0.6) is 5.75 Å². The largest absolute Gasteiger partial charge is 0.492 e. The van der Waals surface area contributed by atoms with Crippen LogP contribution in [0.2, 0.25) is 5.02 Å². The highest BCUT2D eigenvalue weighted by atomic mass is 35.5. The number of hydrogen-bond acceptors (Lipinski definition) is 2. The summed E-state index contributed by atoms with van der Waals surface area (Å²) >= 11 is 5.95. The van der Waals surface area contributed by atoms with Crippen molar-refractivity contribution in [3.8, 4) is 5.75 Å². The van der Waals surface area contributed by atoms with Crippen LogP contribution in [-0.2, 0) is 0 Å². The van der Waals surface area contributed by atoms with Gasteiger partial charge >= 0.3 is 0 Å². The van der Waals surface area contributed by atoms with Gasteiger partial charge in [-0.25, -0.2) is 0 Å². The van der Waals surface area contributed by atoms with E-state index < -0.39 is 0 Å². The standard InChI is InChI=1S/C14H22ClNO/c1-5-14(3,4)16-8-9-17-12-6-7-13(15)11(2)10-12/h6-7,10,16H,5,8-9H2,1-4H3. The van der Waals surface area contributed by atoms with Crippen LogP contribution in [-0.4, -0.2) is 18.7 Å². The van der Waals surface area contributed by atoms with E-state index in [1.165, 1.54) is 0 Å². The van der Waals surface area contributed by atoms with Crippen LogP contribution in [0.1, 0.15) is 32.8 Å². The van der Waals surface area contributed by atoms with Gasteiger partial charge in [-0.3, -0.25) is 0 Å². The molecule has 2 nitrogen and oxygen atoms in total. The summed E-state index contributed by atoms with van der Waals surface area (Å²) in [4.78, 5) is 0. The van der Waals surface area contributed by atoms with E-state index >= 15 is 0 Å². The molecule has 1 aromatic carbocycles. The van der Waals surface area contributed by atoms with Crippen molar-refractivity contribution in [2.45, 2.75) is 39.7 Å². The molecule has 0 aliphatic heterocycles. The van der Waals surface area contributed by atoms with E-state index in [2.05, 4.69) is 26.1 Å². The molecule has 0 aliphatic carbocycles. The number of hydrogen-bond donors (Lipinski definition) is 1. The van der Waals surface area contributed by atoms with Crippen LogP contribution in [0.3, 0.4) is 0 Å². The zero-order valence-electron chi connectivity index (χ0n) is 11.1. The highest BCUT2D eigenvalue weighted by molar-refractivity contribution is 6.31. The Bertz CT molecular complexity index is 363. The molecule has 96 valence electrons. The van der Waals surface area contributed by atoms with Gasteiger partial charge < -0.3 is 10.1 Å². The molecule has 0 spiro atoms. The van der Waals surface area contributed by atoms with Gasteiger partial charge in [0.05, 0.1) is 0 Å². The number of benzene rings is 1. The number of nitrogens with one attached hydrogen (secondary N) is 1. The minimum Gasteiger partial charge on any atom is -0.492 e. The van der Waals surface area contributed by atoms with Gasteiger partial charge in [0.2, 0.25) is 0 Å². The first kappa shape index (κ1) is 14.3. The average Bonchev–Trinajstić information content (AvgIpc) is 2.29. The molecule has 0 amide bonds. The van der Waals surface area contributed by atoms with E-state index in [0.29, 0.717) is 6.61 Å². The lowest BCUT2D eigenvalue weighted by Gasteiger charge is -2.24. The van der Waals surface area contributed by atoms with Crippen molar-refractivity contribution < 1.29 is 4.74 Å². The smallest absolute Gasteiger partial charge is 0.119 e. The number of ether oxygens (including phenoxy) is 1. The second-order valence-corrected chi connectivity index (χ2v) is 5.33. The molecule has 0 heterocycles. The van der Waals surface area contributed by atoms with Crippen LogP contribution in [0.15, 0.2) is 18.2 Å². The van der Waals surface area contributed by atoms with Crippen molar-refractivity contribution >= 4 is 11.6 Å². The summed E-state index contributed by atoms with van der Waals surface area (Å²) < 4.78 is 5.66. The van der Waals surface area contributed by atoms with Gasteiger partial charge in [-0.15, -0.1) is 0 Å². The lowest BCUT2D eigenvalue weighted by Crippen LogP contribution is -2.40. The summed E-state index contributed by atoms with van der Waals surface area (Å²) in [5.41, 5.74) is 1.23. The van der Waals surface area contributed by atoms with E-state index in [0.717, 1.165) is 29.3 Å². The number of halogens is 1. The maximum atomic E-state index is 5.95. The lowest BCUT2D eigenvalue weighted by molar-refractivity contribution is 0.281. The zero-order chi connectivity index (χ0) is 12.9. The molecule has 0 unspecified atom stereocenters. The second-order valence-electron chi connectivity index (χ2n) is 4.92. The lowest BCUT2D eigenvalue weighted by atomic mass is 10.0. The van der Waals surface area contributed by atoms with Crippen molar-refractivity contribution in [2.24, 2.45) is 0 Å². The summed E-state index contributed by atoms with van der Waals surface area (Å²) in [7, 11) is 0. The zero-order valence-corrected chi connectivity index (χ0v) is 11.9. The fourth-order valence-corrected chi connectivity index (χ4v) is 1.51. The SMILES string of the molecule is CCC(C)(C)NCCOc1ccc(Cl)c(C)c1. The van der Waals surface area contributed by atoms with E-state index in [-0.39, 0.29) is 5.54 Å². The predicted molar refractivity (Wildman–Crippen MR) is 74.1 cm³/mol. The van der Waals surface area contributed by atoms with Gasteiger partial charge in [0.15, 0.2) is 0 Å². The van der Waals surface area contributed by atoms with Crippen LogP contribution < -0.4 is 10.1 Å². The summed E-state index contributed by atoms with van der Waals surface area (Å²) in [6.45, 7) is 10.1. The molecule has 0 atom stereocenters. The Morgan fingerprint density at radius 3 is 2.65 bits per heavy atom. The first-order valence-corrected chi connectivity index (χ1v) is 6.46. The molecule has 3 heteroatoms. The minimum atomic E-state index is 0.180. The van der Waals surface area contributed by atoms with Crippen molar-refractivity contribution in [1.29, 1.82) is 0 Å². The maximum absolute atomic E-state index is 5.95. The van der Waals surface area contributed by atoms with Crippen molar-refractivity contribution in [3.63, 3.8) is 0 Å². The van der Waals surface area contributed by atoms with Crippen LogP contribution in [0, 0.1) is 6.92 Å². The first-order valence-electron chi connectivity index (χ1n) is 6.08. The molecule has 1 aromatic rings. The van der Waals surface area contributed by atoms with Gasteiger partial charge in [0.25, 0.3) is 0 Å². The molecule has 1 N–H and O–H groups in total. The Morgan fingerprint density at radius 1 is 1.35 bits per heavy atom. The third-order valence-electron chi connectivity index (χ3n) is 2.99. The first-order chi connectivity index (χ1) is 7.94. The monoisotopic (exact) mass is 255 g/mol. The molecule has 17 heavy (non-hydrogen) atoms. The van der Waals surface area contributed by atoms with E-state index in [1.807, 2.05) is 25.1 Å². The van der Waals surface area contributed by atoms with E-state index in [1.54, 1.807) is 0 Å². The Kier molecular flexibility index (Phi) is 5.29. The third kappa shape index (κ3) is 4.97. The second kappa shape index (κ2) is 6.27. The third-order valence-corrected chi connectivity index (χ3v) is 3.41. The van der Waals surface area contributed by atoms with Gasteiger partial charge in [0.1, 0.15) is 12.4 Å². The molecule has 0 saturated carbocycles. The molecular weight excluding hydrogens is 234 g/mol. The average molecular weight is 256 g/mol. The number of aryl methyl sites for hydroxylation is 1. The molecule has 0 saturated heterocycles. The van der Waals surface area contributed by atoms with E-state index in [9.17, 15) is 0 Å². The topological polar surface area (TPSA) is 21.3 Å². The summed E-state index contributed by atoms with van der Waals surface area (Å²) in [6.07, 6.45) is 1.10. The summed E-state index contributed by atoms with van der Waals surface area (Å²) in [5.74, 6) is 0.878. The molecule has 0 bridgehead atoms. The van der Waals surface area contributed by atoms with Crippen LogP contribution >= 0.6 is 11.6 Å². The fraction of sp³-hybridized carbons (Fsp3) is 0.571. The van der Waals surface area contributed by atoms with Gasteiger partial charge in [-0.1, -0.05) is 18.5 Å². The predicted octanol–water partition coefficient (Wildman–Crippen LogP) is 3.81. The van der Waals surface area contributed by atoms with Crippen LogP contribution in [0.4, 0.5) is 0 Å². The molecular formula is C14H22ClNO. The summed E-state index contributed by atoms with van der Waals surface area (Å²) in [5, 5.41) is 4.23. The molecule has 0 fully saturated rings. The maximum Gasteiger partial charge on any atom is 0.119 e. The normalized spacial score (nSPS) is 11.6. The van der Waals surface area contributed by atoms with E-state index in [4.69, 9.17) is 16.3 Å². The Labute approximate surface area is 109 Å². The molecule has 0 aliphatic rings. The summed E-state index contributed by atoms with van der Waals surface area (Å²) in [6, 6.07) is 5.74. The Morgan fingerprint density at radius 2 is 2.06 bits per heavy atom. The Balaban J connectivity index is 2.34. The van der Waals surface area contributed by atoms with Gasteiger partial charge in [-0.2, -0.15) is 0 Å². The highest BCUT2D eigenvalue weighted by Gasteiger charge is 2.12. The van der Waals surface area contributed by atoms with Gasteiger partial charge in [-0.05, 0) is 51.0 Å². The van der Waals surface area contributed by atoms with Gasteiger partial charge in [0, 0.05) is 17.1 Å². The van der Waals surface area contributed by atoms with Crippen molar-refractivity contribution in [1.82, 2.24) is 5.32 Å². The molecule has 1 rings (SSSR count). The quantitative estimate of drug-likeness (QED) is 0.781. The van der Waals surface area contributed by atoms with Crippen molar-refractivity contribution in [3.05, 3.63) is 28.8 Å². The molecule has 0 radical (unpaired) electrons. The van der Waals surface area contributed by atoms with Crippen molar-refractivity contribution in [2.75, 3.05) is 13.2 Å². The highest BCUT2D eigenvalue weighted by Crippen LogP contribution is 2.20. The minimum absolute atomic E-state index is 0.180. The fourth-order valence-electron chi connectivity index (χ4n) is 1.39. The van der Waals surface area contributed by atoms with Crippen LogP contribution in [0.25, 0.3) is 0 Å². The molecule has 0 aromatic heterocycles. The number of rotatable bonds is 6. The Hall–Kier alpha value is -0.730.